The zero-order valence-corrected chi connectivity index (χ0v) is 15.1. The smallest absolute Gasteiger partial charge is 0.308 e. The first-order valence-electron chi connectivity index (χ1n) is 9.11. The van der Waals surface area contributed by atoms with Gasteiger partial charge in [-0.1, -0.05) is 6.07 Å². The van der Waals surface area contributed by atoms with Crippen LogP contribution in [0.2, 0.25) is 0 Å². The largest absolute Gasteiger partial charge is 0.427 e. The number of H-pyrrole nitrogens is 1. The first kappa shape index (κ1) is 17.3. The number of amides is 1. The summed E-state index contributed by atoms with van der Waals surface area (Å²) in [6, 6.07) is 10.7. The van der Waals surface area contributed by atoms with E-state index in [1.54, 1.807) is 24.3 Å². The van der Waals surface area contributed by atoms with Gasteiger partial charge >= 0.3 is 5.97 Å². The second kappa shape index (κ2) is 7.23. The van der Waals surface area contributed by atoms with Gasteiger partial charge in [-0.3, -0.25) is 14.6 Å². The van der Waals surface area contributed by atoms with Crippen LogP contribution < -0.4 is 4.74 Å². The number of hydrogen-bond donors (Lipinski definition) is 1. The number of aromatic nitrogens is 2. The number of carbonyl (C=O) groups is 2. The van der Waals surface area contributed by atoms with Crippen molar-refractivity contribution in [3.05, 3.63) is 59.9 Å². The SMILES string of the molecule is CC(=O)Oc1cccc(C(=O)N2CCC(c3c[nH]c4cccnc34)CC2)c1. The van der Waals surface area contributed by atoms with Crippen molar-refractivity contribution in [2.45, 2.75) is 25.7 Å². The molecule has 6 heteroatoms. The normalized spacial score (nSPS) is 15.1. The summed E-state index contributed by atoms with van der Waals surface area (Å²) < 4.78 is 5.08. The van der Waals surface area contributed by atoms with Gasteiger partial charge in [0, 0.05) is 38.0 Å². The van der Waals surface area contributed by atoms with Gasteiger partial charge in [0.2, 0.25) is 0 Å². The van der Waals surface area contributed by atoms with Crippen molar-refractivity contribution in [3.63, 3.8) is 0 Å². The van der Waals surface area contributed by atoms with Crippen LogP contribution in [-0.4, -0.2) is 39.8 Å². The van der Waals surface area contributed by atoms with Crippen LogP contribution in [0.3, 0.4) is 0 Å². The zero-order chi connectivity index (χ0) is 18.8. The summed E-state index contributed by atoms with van der Waals surface area (Å²) in [5, 5.41) is 0. The minimum atomic E-state index is -0.396. The molecule has 0 radical (unpaired) electrons. The standard InChI is InChI=1S/C21H21N3O3/c1-14(25)27-17-5-2-4-16(12-17)21(26)24-10-7-15(8-11-24)18-13-23-19-6-3-9-22-20(18)19/h2-6,9,12-13,15,23H,7-8,10-11H2,1H3. The average Bonchev–Trinajstić information content (AvgIpc) is 3.11. The van der Waals surface area contributed by atoms with Crippen molar-refractivity contribution in [2.75, 3.05) is 13.1 Å². The van der Waals surface area contributed by atoms with E-state index < -0.39 is 5.97 Å². The highest BCUT2D eigenvalue weighted by Crippen LogP contribution is 2.32. The van der Waals surface area contributed by atoms with Crippen LogP contribution in [0, 0.1) is 0 Å². The maximum absolute atomic E-state index is 12.8. The van der Waals surface area contributed by atoms with Gasteiger partial charge in [-0.05, 0) is 54.7 Å². The second-order valence-corrected chi connectivity index (χ2v) is 6.83. The lowest BCUT2D eigenvalue weighted by Crippen LogP contribution is -2.37. The summed E-state index contributed by atoms with van der Waals surface area (Å²) in [5.41, 5.74) is 3.85. The second-order valence-electron chi connectivity index (χ2n) is 6.83. The molecule has 0 bridgehead atoms. The molecule has 0 spiro atoms. The third-order valence-corrected chi connectivity index (χ3v) is 5.03. The molecule has 27 heavy (non-hydrogen) atoms. The quantitative estimate of drug-likeness (QED) is 0.571. The number of pyridine rings is 1. The average molecular weight is 363 g/mol. The first-order valence-corrected chi connectivity index (χ1v) is 9.11. The number of likely N-dealkylation sites (tertiary alicyclic amines) is 1. The van der Waals surface area contributed by atoms with Gasteiger partial charge in [0.15, 0.2) is 0 Å². The third kappa shape index (κ3) is 3.56. The van der Waals surface area contributed by atoms with Gasteiger partial charge in [0.25, 0.3) is 5.91 Å². The predicted octanol–water partition coefficient (Wildman–Crippen LogP) is 3.51. The van der Waals surface area contributed by atoms with Gasteiger partial charge in [0.1, 0.15) is 5.75 Å². The molecule has 0 aliphatic carbocycles. The molecule has 1 N–H and O–H groups in total. The Morgan fingerprint density at radius 1 is 1.19 bits per heavy atom. The Balaban J connectivity index is 1.44. The lowest BCUT2D eigenvalue weighted by atomic mass is 9.90. The van der Waals surface area contributed by atoms with Crippen LogP contribution >= 0.6 is 0 Å². The third-order valence-electron chi connectivity index (χ3n) is 5.03. The van der Waals surface area contributed by atoms with E-state index >= 15 is 0 Å². The number of esters is 1. The number of rotatable bonds is 3. The highest BCUT2D eigenvalue weighted by Gasteiger charge is 2.26. The molecule has 2 aromatic heterocycles. The molecule has 1 saturated heterocycles. The summed E-state index contributed by atoms with van der Waals surface area (Å²) in [5.74, 6) is 0.366. The van der Waals surface area contributed by atoms with E-state index in [0.29, 0.717) is 30.3 Å². The summed E-state index contributed by atoms with van der Waals surface area (Å²) >= 11 is 0. The molecule has 4 rings (SSSR count). The molecular formula is C21H21N3O3. The number of piperidine rings is 1. The monoisotopic (exact) mass is 363 g/mol. The Kier molecular flexibility index (Phi) is 4.62. The van der Waals surface area contributed by atoms with E-state index in [4.69, 9.17) is 4.74 Å². The Morgan fingerprint density at radius 3 is 2.78 bits per heavy atom. The summed E-state index contributed by atoms with van der Waals surface area (Å²) in [6.45, 7) is 2.74. The van der Waals surface area contributed by atoms with Crippen LogP contribution in [-0.2, 0) is 4.79 Å². The molecule has 1 fully saturated rings. The fourth-order valence-corrected chi connectivity index (χ4v) is 3.72. The van der Waals surface area contributed by atoms with Crippen molar-refractivity contribution < 1.29 is 14.3 Å². The molecule has 0 unspecified atom stereocenters. The summed E-state index contributed by atoms with van der Waals surface area (Å²) in [4.78, 5) is 33.6. The topological polar surface area (TPSA) is 75.3 Å². The summed E-state index contributed by atoms with van der Waals surface area (Å²) in [6.07, 6.45) is 5.66. The van der Waals surface area contributed by atoms with Crippen LogP contribution in [0.4, 0.5) is 0 Å². The molecule has 1 aliphatic rings. The maximum atomic E-state index is 12.8. The van der Waals surface area contributed by atoms with E-state index in [1.165, 1.54) is 12.5 Å². The van der Waals surface area contributed by atoms with Crippen LogP contribution in [0.25, 0.3) is 11.0 Å². The molecule has 6 nitrogen and oxygen atoms in total. The van der Waals surface area contributed by atoms with Gasteiger partial charge in [-0.15, -0.1) is 0 Å². The van der Waals surface area contributed by atoms with Gasteiger partial charge < -0.3 is 14.6 Å². The molecule has 3 heterocycles. The highest BCUT2D eigenvalue weighted by molar-refractivity contribution is 5.94. The molecule has 0 atom stereocenters. The Bertz CT molecular complexity index is 987. The van der Waals surface area contributed by atoms with Crippen molar-refractivity contribution in [1.82, 2.24) is 14.9 Å². The van der Waals surface area contributed by atoms with Gasteiger partial charge in [0.05, 0.1) is 11.0 Å². The Labute approximate surface area is 157 Å². The molecule has 0 saturated carbocycles. The van der Waals surface area contributed by atoms with Crippen LogP contribution in [0.1, 0.15) is 41.6 Å². The molecule has 1 aromatic carbocycles. The lowest BCUT2D eigenvalue weighted by molar-refractivity contribution is -0.131. The highest BCUT2D eigenvalue weighted by atomic mass is 16.5. The molecule has 138 valence electrons. The van der Waals surface area contributed by atoms with Crippen molar-refractivity contribution in [2.24, 2.45) is 0 Å². The minimum absolute atomic E-state index is 0.0282. The van der Waals surface area contributed by atoms with Crippen molar-refractivity contribution in [1.29, 1.82) is 0 Å². The van der Waals surface area contributed by atoms with E-state index in [-0.39, 0.29) is 5.91 Å². The number of carbonyl (C=O) groups excluding carboxylic acids is 2. The van der Waals surface area contributed by atoms with E-state index in [2.05, 4.69) is 9.97 Å². The summed E-state index contributed by atoms with van der Waals surface area (Å²) in [7, 11) is 0. The van der Waals surface area contributed by atoms with Crippen LogP contribution in [0.15, 0.2) is 48.8 Å². The van der Waals surface area contributed by atoms with Crippen LogP contribution in [0.5, 0.6) is 5.75 Å². The zero-order valence-electron chi connectivity index (χ0n) is 15.1. The Hall–Kier alpha value is -3.15. The Morgan fingerprint density at radius 2 is 2.00 bits per heavy atom. The van der Waals surface area contributed by atoms with Gasteiger partial charge in [-0.25, -0.2) is 0 Å². The minimum Gasteiger partial charge on any atom is -0.427 e. The number of nitrogens with zero attached hydrogens (tertiary/aromatic N) is 2. The molecular weight excluding hydrogens is 342 g/mol. The number of ether oxygens (including phenoxy) is 1. The van der Waals surface area contributed by atoms with E-state index in [0.717, 1.165) is 23.9 Å². The number of fused-ring (bicyclic) bond motifs is 1. The molecule has 3 aromatic rings. The lowest BCUT2D eigenvalue weighted by Gasteiger charge is -2.32. The number of hydrogen-bond acceptors (Lipinski definition) is 4. The van der Waals surface area contributed by atoms with E-state index in [1.807, 2.05) is 29.4 Å². The first-order chi connectivity index (χ1) is 13.1. The van der Waals surface area contributed by atoms with E-state index in [9.17, 15) is 9.59 Å². The predicted molar refractivity (Wildman–Crippen MR) is 102 cm³/mol. The maximum Gasteiger partial charge on any atom is 0.308 e. The molecule has 1 aliphatic heterocycles. The fourth-order valence-electron chi connectivity index (χ4n) is 3.72. The number of benzene rings is 1. The van der Waals surface area contributed by atoms with Crippen molar-refractivity contribution in [3.8, 4) is 5.75 Å². The van der Waals surface area contributed by atoms with Crippen molar-refractivity contribution >= 4 is 22.9 Å². The molecule has 1 amide bonds. The number of aromatic amines is 1. The van der Waals surface area contributed by atoms with Gasteiger partial charge in [-0.2, -0.15) is 0 Å². The number of nitrogens with one attached hydrogen (secondary N) is 1. The fraction of sp³-hybridized carbons (Fsp3) is 0.286.